The van der Waals surface area contributed by atoms with Gasteiger partial charge in [0.25, 0.3) is 0 Å². The predicted octanol–water partition coefficient (Wildman–Crippen LogP) is 2.16. The second kappa shape index (κ2) is 5.03. The second-order valence-electron chi connectivity index (χ2n) is 3.87. The summed E-state index contributed by atoms with van der Waals surface area (Å²) in [4.78, 5) is 0. The Hall–Kier alpha value is -1.22. The van der Waals surface area contributed by atoms with Crippen LogP contribution in [0.3, 0.4) is 0 Å². The van der Waals surface area contributed by atoms with Gasteiger partial charge in [-0.1, -0.05) is 13.0 Å². The van der Waals surface area contributed by atoms with E-state index in [0.29, 0.717) is 18.2 Å². The molecule has 1 rings (SSSR count). The van der Waals surface area contributed by atoms with Crippen LogP contribution in [0.1, 0.15) is 30.4 Å². The number of nitrogens with two attached hydrogens (primary N) is 1. The van der Waals surface area contributed by atoms with Crippen molar-refractivity contribution in [3.8, 4) is 11.5 Å². The molecule has 0 aromatic heterocycles. The first kappa shape index (κ1) is 11.9. The van der Waals surface area contributed by atoms with Gasteiger partial charge in [-0.25, -0.2) is 0 Å². The molecule has 15 heavy (non-hydrogen) atoms. The zero-order valence-electron chi connectivity index (χ0n) is 9.58. The Bertz CT molecular complexity index is 313. The number of ether oxygens (including phenoxy) is 1. The molecule has 0 saturated heterocycles. The van der Waals surface area contributed by atoms with Crippen molar-refractivity contribution < 1.29 is 9.84 Å². The summed E-state index contributed by atoms with van der Waals surface area (Å²) in [6.07, 6.45) is 0.922. The summed E-state index contributed by atoms with van der Waals surface area (Å²) in [5.74, 6) is 1.13. The van der Waals surface area contributed by atoms with Crippen LogP contribution in [-0.2, 0) is 0 Å². The van der Waals surface area contributed by atoms with E-state index in [2.05, 4.69) is 6.92 Å². The van der Waals surface area contributed by atoms with E-state index in [1.807, 2.05) is 13.0 Å². The van der Waals surface area contributed by atoms with Crippen LogP contribution in [0.25, 0.3) is 0 Å². The number of hydrogen-bond acceptors (Lipinski definition) is 3. The predicted molar refractivity (Wildman–Crippen MR) is 61.5 cm³/mol. The summed E-state index contributed by atoms with van der Waals surface area (Å²) >= 11 is 0. The summed E-state index contributed by atoms with van der Waals surface area (Å²) in [6.45, 7) is 4.69. The minimum absolute atomic E-state index is 0.205. The molecule has 0 fully saturated rings. The molecule has 0 spiro atoms. The molecule has 0 aliphatic heterocycles. The van der Waals surface area contributed by atoms with Gasteiger partial charge in [-0.2, -0.15) is 0 Å². The van der Waals surface area contributed by atoms with Crippen LogP contribution in [0.15, 0.2) is 12.1 Å². The average Bonchev–Trinajstić information content (AvgIpc) is 2.17. The lowest BCUT2D eigenvalue weighted by Crippen LogP contribution is -2.05. The topological polar surface area (TPSA) is 55.5 Å². The molecule has 0 aliphatic carbocycles. The highest BCUT2D eigenvalue weighted by atomic mass is 16.5. The van der Waals surface area contributed by atoms with Gasteiger partial charge in [0, 0.05) is 0 Å². The number of methoxy groups -OCH3 is 1. The van der Waals surface area contributed by atoms with Gasteiger partial charge in [0.1, 0.15) is 0 Å². The number of benzene rings is 1. The maximum Gasteiger partial charge on any atom is 0.163 e. The molecule has 1 atom stereocenters. The monoisotopic (exact) mass is 209 g/mol. The molecule has 0 bridgehead atoms. The number of phenolic OH excluding ortho intramolecular Hbond substituents is 1. The third-order valence-electron chi connectivity index (χ3n) is 2.65. The summed E-state index contributed by atoms with van der Waals surface area (Å²) in [5.41, 5.74) is 7.57. The SMILES string of the molecule is COc1c(C)cc(C(C)CCN)cc1O. The van der Waals surface area contributed by atoms with Crippen molar-refractivity contribution in [1.29, 1.82) is 0 Å². The molecule has 0 radical (unpaired) electrons. The van der Waals surface area contributed by atoms with Crippen LogP contribution < -0.4 is 10.5 Å². The number of hydrogen-bond donors (Lipinski definition) is 2. The molecule has 1 aromatic carbocycles. The smallest absolute Gasteiger partial charge is 0.163 e. The van der Waals surface area contributed by atoms with Crippen molar-refractivity contribution in [3.63, 3.8) is 0 Å². The molecular weight excluding hydrogens is 190 g/mol. The normalized spacial score (nSPS) is 12.5. The molecular formula is C12H19NO2. The molecule has 84 valence electrons. The van der Waals surface area contributed by atoms with Crippen LogP contribution in [0.2, 0.25) is 0 Å². The first-order valence-electron chi connectivity index (χ1n) is 5.17. The van der Waals surface area contributed by atoms with Gasteiger partial charge in [0.15, 0.2) is 11.5 Å². The average molecular weight is 209 g/mol. The Labute approximate surface area is 90.9 Å². The molecule has 3 N–H and O–H groups in total. The first-order chi connectivity index (χ1) is 7.10. The minimum atomic E-state index is 0.205. The minimum Gasteiger partial charge on any atom is -0.504 e. The van der Waals surface area contributed by atoms with Crippen LogP contribution in [0, 0.1) is 6.92 Å². The molecule has 1 unspecified atom stereocenters. The molecule has 0 amide bonds. The zero-order chi connectivity index (χ0) is 11.4. The third kappa shape index (κ3) is 2.63. The molecule has 0 heterocycles. The number of rotatable bonds is 4. The van der Waals surface area contributed by atoms with Gasteiger partial charge >= 0.3 is 0 Å². The lowest BCUT2D eigenvalue weighted by molar-refractivity contribution is 0.370. The summed E-state index contributed by atoms with van der Waals surface area (Å²) in [6, 6.07) is 3.80. The Kier molecular flexibility index (Phi) is 3.97. The van der Waals surface area contributed by atoms with Crippen molar-refractivity contribution in [2.45, 2.75) is 26.2 Å². The third-order valence-corrected chi connectivity index (χ3v) is 2.65. The van der Waals surface area contributed by atoms with E-state index >= 15 is 0 Å². The van der Waals surface area contributed by atoms with Crippen molar-refractivity contribution in [2.24, 2.45) is 5.73 Å². The Morgan fingerprint density at radius 1 is 1.47 bits per heavy atom. The maximum absolute atomic E-state index is 9.73. The van der Waals surface area contributed by atoms with Crippen molar-refractivity contribution in [1.82, 2.24) is 0 Å². The second-order valence-corrected chi connectivity index (χ2v) is 3.87. The van der Waals surface area contributed by atoms with Crippen molar-refractivity contribution in [3.05, 3.63) is 23.3 Å². The zero-order valence-corrected chi connectivity index (χ0v) is 9.58. The molecule has 3 nitrogen and oxygen atoms in total. The Balaban J connectivity index is 3.02. The van der Waals surface area contributed by atoms with Gasteiger partial charge in [-0.15, -0.1) is 0 Å². The van der Waals surface area contributed by atoms with E-state index in [1.54, 1.807) is 13.2 Å². The lowest BCUT2D eigenvalue weighted by atomic mass is 9.95. The van der Waals surface area contributed by atoms with E-state index in [4.69, 9.17) is 10.5 Å². The fourth-order valence-electron chi connectivity index (χ4n) is 1.75. The fraction of sp³-hybridized carbons (Fsp3) is 0.500. The van der Waals surface area contributed by atoms with Crippen LogP contribution in [0.4, 0.5) is 0 Å². The van der Waals surface area contributed by atoms with Crippen LogP contribution in [0.5, 0.6) is 11.5 Å². The quantitative estimate of drug-likeness (QED) is 0.799. The van der Waals surface area contributed by atoms with Gasteiger partial charge in [-0.3, -0.25) is 0 Å². The van der Waals surface area contributed by atoms with Crippen LogP contribution in [-0.4, -0.2) is 18.8 Å². The number of aromatic hydroxyl groups is 1. The van der Waals surface area contributed by atoms with Gasteiger partial charge in [0.2, 0.25) is 0 Å². The molecule has 0 saturated carbocycles. The molecule has 1 aromatic rings. The lowest BCUT2D eigenvalue weighted by Gasteiger charge is -2.14. The Morgan fingerprint density at radius 2 is 2.13 bits per heavy atom. The highest BCUT2D eigenvalue weighted by molar-refractivity contribution is 5.48. The van der Waals surface area contributed by atoms with Gasteiger partial charge in [-0.05, 0) is 43.0 Å². The Morgan fingerprint density at radius 3 is 2.60 bits per heavy atom. The van der Waals surface area contributed by atoms with E-state index in [-0.39, 0.29) is 5.75 Å². The summed E-state index contributed by atoms with van der Waals surface area (Å²) < 4.78 is 5.10. The van der Waals surface area contributed by atoms with E-state index < -0.39 is 0 Å². The summed E-state index contributed by atoms with van der Waals surface area (Å²) in [7, 11) is 1.56. The van der Waals surface area contributed by atoms with Crippen molar-refractivity contribution >= 4 is 0 Å². The fourth-order valence-corrected chi connectivity index (χ4v) is 1.75. The largest absolute Gasteiger partial charge is 0.504 e. The van der Waals surface area contributed by atoms with E-state index in [0.717, 1.165) is 17.5 Å². The first-order valence-corrected chi connectivity index (χ1v) is 5.17. The standard InChI is InChI=1S/C12H19NO2/c1-8(4-5-13)10-6-9(2)12(15-3)11(14)7-10/h6-8,14H,4-5,13H2,1-3H3. The number of aryl methyl sites for hydroxylation is 1. The van der Waals surface area contributed by atoms with Crippen molar-refractivity contribution in [2.75, 3.05) is 13.7 Å². The summed E-state index contributed by atoms with van der Waals surface area (Å²) in [5, 5.41) is 9.73. The van der Waals surface area contributed by atoms with E-state index in [9.17, 15) is 5.11 Å². The van der Waals surface area contributed by atoms with Gasteiger partial charge < -0.3 is 15.6 Å². The highest BCUT2D eigenvalue weighted by Crippen LogP contribution is 2.34. The molecule has 3 heteroatoms. The maximum atomic E-state index is 9.73. The van der Waals surface area contributed by atoms with Crippen LogP contribution >= 0.6 is 0 Å². The molecule has 0 aliphatic rings. The van der Waals surface area contributed by atoms with Gasteiger partial charge in [0.05, 0.1) is 7.11 Å². The highest BCUT2D eigenvalue weighted by Gasteiger charge is 2.11. The van der Waals surface area contributed by atoms with E-state index in [1.165, 1.54) is 0 Å². The number of phenols is 1.